The van der Waals surface area contributed by atoms with Crippen molar-refractivity contribution in [3.63, 3.8) is 0 Å². The molecule has 102 valence electrons. The summed E-state index contributed by atoms with van der Waals surface area (Å²) in [7, 11) is 0. The van der Waals surface area contributed by atoms with Crippen LogP contribution in [0.1, 0.15) is 12.5 Å². The van der Waals surface area contributed by atoms with Gasteiger partial charge in [-0.25, -0.2) is 4.79 Å². The van der Waals surface area contributed by atoms with E-state index in [1.54, 1.807) is 0 Å². The van der Waals surface area contributed by atoms with Crippen LogP contribution in [0.15, 0.2) is 27.0 Å². The smallest absolute Gasteiger partial charge is 0.328 e. The maximum absolute atomic E-state index is 11.6. The minimum absolute atomic E-state index is 0.00535. The van der Waals surface area contributed by atoms with Crippen molar-refractivity contribution in [3.05, 3.63) is 43.5 Å². The molecule has 1 aromatic rings. The van der Waals surface area contributed by atoms with Crippen molar-refractivity contribution in [2.24, 2.45) is 5.11 Å². The lowest BCUT2D eigenvalue weighted by molar-refractivity contribution is -0.0312. The van der Waals surface area contributed by atoms with Gasteiger partial charge in [0.2, 0.25) is 0 Å². The zero-order valence-corrected chi connectivity index (χ0v) is 10.0. The summed E-state index contributed by atoms with van der Waals surface area (Å²) < 4.78 is 6.82. The van der Waals surface area contributed by atoms with Crippen molar-refractivity contribution in [1.29, 1.82) is 0 Å². The van der Waals surface area contributed by atoms with Gasteiger partial charge in [-0.2, -0.15) is 0 Å². The fraction of sp³-hybridized carbons (Fsp3) is 0.600. The van der Waals surface area contributed by atoms with Crippen LogP contribution < -0.4 is 11.2 Å². The average Bonchev–Trinajstić information content (AvgIpc) is 2.81. The normalized spacial score (nSPS) is 26.1. The van der Waals surface area contributed by atoms with Crippen LogP contribution in [0.3, 0.4) is 0 Å². The first-order chi connectivity index (χ1) is 9.10. The summed E-state index contributed by atoms with van der Waals surface area (Å²) in [6, 6.07) is 0.929. The Bertz CT molecular complexity index is 617. The molecule has 1 aliphatic heterocycles. The van der Waals surface area contributed by atoms with E-state index in [-0.39, 0.29) is 25.8 Å². The summed E-state index contributed by atoms with van der Waals surface area (Å²) in [5.41, 5.74) is 6.36. The van der Waals surface area contributed by atoms with E-state index in [2.05, 4.69) is 15.0 Å². The summed E-state index contributed by atoms with van der Waals surface area (Å²) in [5.74, 6) is 0. The highest BCUT2D eigenvalue weighted by Gasteiger charge is 2.40. The zero-order chi connectivity index (χ0) is 13.9. The molecule has 2 N–H and O–H groups in total. The summed E-state index contributed by atoms with van der Waals surface area (Å²) in [5, 5.41) is 12.8. The molecule has 2 heterocycles. The van der Waals surface area contributed by atoms with Crippen LogP contribution in [0.2, 0.25) is 0 Å². The van der Waals surface area contributed by atoms with Crippen molar-refractivity contribution in [2.75, 3.05) is 19.8 Å². The molecule has 19 heavy (non-hydrogen) atoms. The number of nitrogens with zero attached hydrogens (tertiary/aromatic N) is 4. The first-order valence-corrected chi connectivity index (χ1v) is 5.67. The Labute approximate surface area is 107 Å². The molecule has 0 aliphatic carbocycles. The number of aromatic amines is 1. The Morgan fingerprint density at radius 1 is 1.68 bits per heavy atom. The molecule has 0 unspecified atom stereocenters. The lowest BCUT2D eigenvalue weighted by Crippen LogP contribution is -2.37. The summed E-state index contributed by atoms with van der Waals surface area (Å²) in [6.45, 7) is -0.108. The van der Waals surface area contributed by atoms with E-state index in [4.69, 9.17) is 10.3 Å². The second-order valence-corrected chi connectivity index (χ2v) is 4.42. The van der Waals surface area contributed by atoms with Crippen molar-refractivity contribution in [2.45, 2.75) is 18.1 Å². The molecule has 9 heteroatoms. The average molecular weight is 267 g/mol. The molecule has 1 fully saturated rings. The molecule has 9 nitrogen and oxygen atoms in total. The van der Waals surface area contributed by atoms with Gasteiger partial charge in [-0.05, 0) is 5.53 Å². The lowest BCUT2D eigenvalue weighted by Gasteiger charge is -2.23. The van der Waals surface area contributed by atoms with Crippen LogP contribution in [0.25, 0.3) is 10.4 Å². The van der Waals surface area contributed by atoms with E-state index in [0.717, 1.165) is 0 Å². The zero-order valence-electron chi connectivity index (χ0n) is 10.0. The van der Waals surface area contributed by atoms with Crippen molar-refractivity contribution in [1.82, 2.24) is 9.55 Å². The van der Waals surface area contributed by atoms with E-state index in [1.165, 1.54) is 16.8 Å². The molecular weight excluding hydrogens is 254 g/mol. The predicted molar refractivity (Wildman–Crippen MR) is 64.8 cm³/mol. The first kappa shape index (κ1) is 13.3. The number of aliphatic hydroxyl groups excluding tert-OH is 1. The number of hydrogen-bond acceptors (Lipinski definition) is 5. The predicted octanol–water partition coefficient (Wildman–Crippen LogP) is -0.461. The lowest BCUT2D eigenvalue weighted by atomic mass is 9.99. The minimum Gasteiger partial charge on any atom is -0.393 e. The van der Waals surface area contributed by atoms with Crippen molar-refractivity contribution in [3.8, 4) is 0 Å². The van der Waals surface area contributed by atoms with E-state index in [0.29, 0.717) is 6.42 Å². The molecular formula is C10H13N5O4. The maximum Gasteiger partial charge on any atom is 0.328 e. The Kier molecular flexibility index (Phi) is 3.70. The Morgan fingerprint density at radius 2 is 2.47 bits per heavy atom. The molecule has 1 aliphatic rings. The van der Waals surface area contributed by atoms with Gasteiger partial charge in [0.15, 0.2) is 0 Å². The number of aromatic nitrogens is 2. The number of aliphatic hydroxyl groups is 1. The Morgan fingerprint density at radius 3 is 3.11 bits per heavy atom. The van der Waals surface area contributed by atoms with Crippen LogP contribution in [0.5, 0.6) is 0 Å². The van der Waals surface area contributed by atoms with Gasteiger partial charge < -0.3 is 9.84 Å². The van der Waals surface area contributed by atoms with E-state index < -0.39 is 16.9 Å². The Balaban J connectivity index is 2.23. The van der Waals surface area contributed by atoms with Crippen LogP contribution in [-0.2, 0) is 4.74 Å². The SMILES string of the molecule is [N-]=[N+]=NC[C@]1(CO)C[C@@H](n2ccc(=O)[nH]c2=O)CO1. The molecule has 0 radical (unpaired) electrons. The monoisotopic (exact) mass is 267 g/mol. The van der Waals surface area contributed by atoms with Crippen molar-refractivity contribution < 1.29 is 9.84 Å². The third kappa shape index (κ3) is 2.68. The molecule has 0 saturated carbocycles. The highest BCUT2D eigenvalue weighted by atomic mass is 16.5. The van der Waals surface area contributed by atoms with Crippen LogP contribution in [-0.4, -0.2) is 40.0 Å². The molecule has 2 rings (SSSR count). The minimum atomic E-state index is -0.966. The van der Waals surface area contributed by atoms with Crippen molar-refractivity contribution >= 4 is 0 Å². The molecule has 0 bridgehead atoms. The van der Waals surface area contributed by atoms with Gasteiger partial charge in [-0.3, -0.25) is 14.3 Å². The van der Waals surface area contributed by atoms with Gasteiger partial charge in [0.25, 0.3) is 5.56 Å². The van der Waals surface area contributed by atoms with Crippen LogP contribution >= 0.6 is 0 Å². The third-order valence-electron chi connectivity index (χ3n) is 3.14. The van der Waals surface area contributed by atoms with Gasteiger partial charge in [-0.1, -0.05) is 5.11 Å². The van der Waals surface area contributed by atoms with Gasteiger partial charge in [0.1, 0.15) is 0 Å². The number of H-pyrrole nitrogens is 1. The van der Waals surface area contributed by atoms with Gasteiger partial charge in [0.05, 0.1) is 31.4 Å². The van der Waals surface area contributed by atoms with Gasteiger partial charge >= 0.3 is 5.69 Å². The first-order valence-electron chi connectivity index (χ1n) is 5.67. The second kappa shape index (κ2) is 5.27. The fourth-order valence-electron chi connectivity index (χ4n) is 2.14. The molecule has 0 amide bonds. The molecule has 0 aromatic carbocycles. The highest BCUT2D eigenvalue weighted by Crippen LogP contribution is 2.32. The standard InChI is InChI=1S/C10H13N5O4/c11-14-12-5-10(6-16)3-7(4-19-10)15-2-1-8(17)13-9(15)18/h1-2,7,16H,3-6H2,(H,13,17,18)/t7-,10+/m1/s1. The van der Waals surface area contributed by atoms with Gasteiger partial charge in [0, 0.05) is 23.6 Å². The summed E-state index contributed by atoms with van der Waals surface area (Å²) in [6.07, 6.45) is 1.71. The molecule has 1 saturated heterocycles. The summed E-state index contributed by atoms with van der Waals surface area (Å²) in [4.78, 5) is 27.4. The topological polar surface area (TPSA) is 133 Å². The number of nitrogens with one attached hydrogen (secondary N) is 1. The maximum atomic E-state index is 11.6. The van der Waals surface area contributed by atoms with Crippen LogP contribution in [0.4, 0.5) is 0 Å². The number of rotatable bonds is 4. The second-order valence-electron chi connectivity index (χ2n) is 4.42. The van der Waals surface area contributed by atoms with E-state index in [9.17, 15) is 14.7 Å². The largest absolute Gasteiger partial charge is 0.393 e. The number of ether oxygens (including phenoxy) is 1. The third-order valence-corrected chi connectivity index (χ3v) is 3.14. The van der Waals surface area contributed by atoms with Crippen LogP contribution in [0, 0.1) is 0 Å². The molecule has 1 aromatic heterocycles. The van der Waals surface area contributed by atoms with Gasteiger partial charge in [-0.15, -0.1) is 0 Å². The fourth-order valence-corrected chi connectivity index (χ4v) is 2.14. The quantitative estimate of drug-likeness (QED) is 0.433. The number of hydrogen-bond donors (Lipinski definition) is 2. The summed E-state index contributed by atoms with van der Waals surface area (Å²) >= 11 is 0. The molecule has 0 spiro atoms. The van der Waals surface area contributed by atoms with E-state index >= 15 is 0 Å². The van der Waals surface area contributed by atoms with E-state index in [1.807, 2.05) is 0 Å². The molecule has 2 atom stereocenters. The Hall–Kier alpha value is -2.09. The highest BCUT2D eigenvalue weighted by molar-refractivity contribution is 4.96. The number of azide groups is 1.